The molecule has 0 aliphatic carbocycles. The Morgan fingerprint density at radius 1 is 1.14 bits per heavy atom. The molecule has 0 saturated carbocycles. The number of aromatic nitrogens is 2. The fraction of sp³-hybridized carbons (Fsp3) is 0.312. The molecule has 2 rings (SSSR count). The van der Waals surface area contributed by atoms with Crippen LogP contribution < -0.4 is 0 Å². The van der Waals surface area contributed by atoms with Gasteiger partial charge in [-0.3, -0.25) is 14.9 Å². The lowest BCUT2D eigenvalue weighted by Gasteiger charge is -2.21. The van der Waals surface area contributed by atoms with Crippen LogP contribution in [0.2, 0.25) is 0 Å². The number of carbonyl (C=O) groups is 1. The molecule has 2 heterocycles. The number of aliphatic hydroxyl groups excluding tert-OH is 1. The van der Waals surface area contributed by atoms with Gasteiger partial charge >= 0.3 is 5.97 Å². The topological polar surface area (TPSA) is 75.6 Å². The molecule has 0 saturated heterocycles. The highest BCUT2D eigenvalue weighted by Gasteiger charge is 2.14. The van der Waals surface area contributed by atoms with E-state index in [-0.39, 0.29) is 6.73 Å². The molecule has 116 valence electrons. The first-order valence-electron chi connectivity index (χ1n) is 7.02. The molecule has 0 aliphatic rings. The fourth-order valence-corrected chi connectivity index (χ4v) is 1.86. The van der Waals surface area contributed by atoms with Gasteiger partial charge in [0.05, 0.1) is 11.4 Å². The summed E-state index contributed by atoms with van der Waals surface area (Å²) in [7, 11) is 0. The summed E-state index contributed by atoms with van der Waals surface area (Å²) >= 11 is 0. The van der Waals surface area contributed by atoms with Crippen molar-refractivity contribution in [1.82, 2.24) is 14.9 Å². The van der Waals surface area contributed by atoms with Crippen LogP contribution in [0.4, 0.5) is 0 Å². The number of carbonyl (C=O) groups excluding carboxylic acids is 1. The first-order chi connectivity index (χ1) is 10.6. The zero-order valence-corrected chi connectivity index (χ0v) is 12.4. The lowest BCUT2D eigenvalue weighted by molar-refractivity contribution is -0.158. The van der Waals surface area contributed by atoms with Crippen LogP contribution in [0.5, 0.6) is 0 Å². The summed E-state index contributed by atoms with van der Waals surface area (Å²) in [5.41, 5.74) is 1.73. The molecule has 22 heavy (non-hydrogen) atoms. The van der Waals surface area contributed by atoms with E-state index in [1.807, 2.05) is 41.3 Å². The number of hydrogen-bond acceptors (Lipinski definition) is 6. The van der Waals surface area contributed by atoms with Crippen molar-refractivity contribution in [3.63, 3.8) is 0 Å². The van der Waals surface area contributed by atoms with Crippen molar-refractivity contribution in [3.05, 3.63) is 60.2 Å². The Morgan fingerprint density at radius 2 is 1.68 bits per heavy atom. The molecule has 0 amide bonds. The summed E-state index contributed by atoms with van der Waals surface area (Å²) in [5.74, 6) is -0.646. The second-order valence-corrected chi connectivity index (χ2v) is 4.90. The number of ether oxygens (including phenoxy) is 1. The van der Waals surface area contributed by atoms with Gasteiger partial charge < -0.3 is 9.84 Å². The van der Waals surface area contributed by atoms with Gasteiger partial charge in [0.1, 0.15) is 12.8 Å². The minimum atomic E-state index is -1.13. The molecule has 6 heteroatoms. The number of pyridine rings is 2. The third-order valence-corrected chi connectivity index (χ3v) is 2.95. The second kappa shape index (κ2) is 8.21. The Labute approximate surface area is 129 Å². The van der Waals surface area contributed by atoms with E-state index in [2.05, 4.69) is 9.97 Å². The SMILES string of the molecule is CC(O)C(=O)OCN(Cc1ccccn1)Cc1ccccn1. The van der Waals surface area contributed by atoms with Crippen LogP contribution in [-0.2, 0) is 22.6 Å². The van der Waals surface area contributed by atoms with E-state index in [0.717, 1.165) is 11.4 Å². The minimum absolute atomic E-state index is 0.0664. The Kier molecular flexibility index (Phi) is 6.00. The first-order valence-corrected chi connectivity index (χ1v) is 7.02. The van der Waals surface area contributed by atoms with E-state index in [1.165, 1.54) is 6.92 Å². The third-order valence-electron chi connectivity index (χ3n) is 2.95. The van der Waals surface area contributed by atoms with Crippen molar-refractivity contribution < 1.29 is 14.6 Å². The van der Waals surface area contributed by atoms with Crippen LogP contribution >= 0.6 is 0 Å². The van der Waals surface area contributed by atoms with Crippen LogP contribution in [-0.4, -0.2) is 38.8 Å². The van der Waals surface area contributed by atoms with Gasteiger partial charge in [0, 0.05) is 25.5 Å². The Hall–Kier alpha value is -2.31. The smallest absolute Gasteiger partial charge is 0.335 e. The fourth-order valence-electron chi connectivity index (χ4n) is 1.86. The lowest BCUT2D eigenvalue weighted by Crippen LogP contribution is -2.30. The summed E-state index contributed by atoms with van der Waals surface area (Å²) in [6, 6.07) is 11.3. The van der Waals surface area contributed by atoms with Crippen molar-refractivity contribution in [2.45, 2.75) is 26.1 Å². The largest absolute Gasteiger partial charge is 0.448 e. The molecule has 0 aromatic carbocycles. The quantitative estimate of drug-likeness (QED) is 0.615. The van der Waals surface area contributed by atoms with E-state index in [4.69, 9.17) is 4.74 Å². The zero-order chi connectivity index (χ0) is 15.8. The van der Waals surface area contributed by atoms with Crippen LogP contribution in [0.3, 0.4) is 0 Å². The maximum atomic E-state index is 11.4. The van der Waals surface area contributed by atoms with Gasteiger partial charge in [-0.15, -0.1) is 0 Å². The molecule has 0 radical (unpaired) electrons. The van der Waals surface area contributed by atoms with Gasteiger partial charge in [-0.1, -0.05) is 12.1 Å². The van der Waals surface area contributed by atoms with Crippen LogP contribution in [0.25, 0.3) is 0 Å². The summed E-state index contributed by atoms with van der Waals surface area (Å²) in [6.07, 6.45) is 2.30. The van der Waals surface area contributed by atoms with Gasteiger partial charge in [-0.25, -0.2) is 4.79 Å². The van der Waals surface area contributed by atoms with Crippen molar-refractivity contribution in [1.29, 1.82) is 0 Å². The highest BCUT2D eigenvalue weighted by Crippen LogP contribution is 2.07. The first kappa shape index (κ1) is 16.1. The zero-order valence-electron chi connectivity index (χ0n) is 12.4. The molecule has 0 spiro atoms. The van der Waals surface area contributed by atoms with E-state index in [1.54, 1.807) is 12.4 Å². The predicted octanol–water partition coefficient (Wildman–Crippen LogP) is 1.36. The molecule has 0 aliphatic heterocycles. The number of nitrogens with zero attached hydrogens (tertiary/aromatic N) is 3. The van der Waals surface area contributed by atoms with Gasteiger partial charge in [-0.2, -0.15) is 0 Å². The molecule has 6 nitrogen and oxygen atoms in total. The van der Waals surface area contributed by atoms with Crippen molar-refractivity contribution in [2.75, 3.05) is 6.73 Å². The summed E-state index contributed by atoms with van der Waals surface area (Å²) in [6.45, 7) is 2.48. The van der Waals surface area contributed by atoms with Crippen LogP contribution in [0.15, 0.2) is 48.8 Å². The lowest BCUT2D eigenvalue weighted by atomic mass is 10.3. The van der Waals surface area contributed by atoms with E-state index < -0.39 is 12.1 Å². The average molecular weight is 301 g/mol. The maximum Gasteiger partial charge on any atom is 0.335 e. The monoisotopic (exact) mass is 301 g/mol. The van der Waals surface area contributed by atoms with E-state index in [0.29, 0.717) is 13.1 Å². The molecule has 2 aromatic heterocycles. The van der Waals surface area contributed by atoms with Gasteiger partial charge in [0.2, 0.25) is 0 Å². The van der Waals surface area contributed by atoms with Crippen molar-refractivity contribution in [3.8, 4) is 0 Å². The summed E-state index contributed by atoms with van der Waals surface area (Å²) in [4.78, 5) is 21.9. The highest BCUT2D eigenvalue weighted by molar-refractivity contribution is 5.73. The number of esters is 1. The van der Waals surface area contributed by atoms with Gasteiger partial charge in [0.15, 0.2) is 0 Å². The number of hydrogen-bond donors (Lipinski definition) is 1. The average Bonchev–Trinajstić information content (AvgIpc) is 2.54. The van der Waals surface area contributed by atoms with Gasteiger partial charge in [-0.05, 0) is 31.2 Å². The van der Waals surface area contributed by atoms with Crippen molar-refractivity contribution >= 4 is 5.97 Å². The molecular formula is C16H19N3O3. The third kappa shape index (κ3) is 5.23. The molecule has 1 atom stereocenters. The number of aliphatic hydroxyl groups is 1. The molecule has 2 aromatic rings. The Balaban J connectivity index is 2.01. The minimum Gasteiger partial charge on any atom is -0.448 e. The predicted molar refractivity (Wildman–Crippen MR) is 80.4 cm³/mol. The summed E-state index contributed by atoms with van der Waals surface area (Å²) < 4.78 is 5.09. The Morgan fingerprint density at radius 3 is 2.09 bits per heavy atom. The molecule has 0 bridgehead atoms. The standard InChI is InChI=1S/C16H19N3O3/c1-13(20)16(21)22-12-19(10-14-6-2-4-8-17-14)11-15-7-3-5-9-18-15/h2-9,13,20H,10-12H2,1H3. The van der Waals surface area contributed by atoms with Gasteiger partial charge in [0.25, 0.3) is 0 Å². The summed E-state index contributed by atoms with van der Waals surface area (Å²) in [5, 5.41) is 9.20. The normalized spacial score (nSPS) is 12.1. The van der Waals surface area contributed by atoms with Crippen molar-refractivity contribution in [2.24, 2.45) is 0 Å². The van der Waals surface area contributed by atoms with Crippen LogP contribution in [0.1, 0.15) is 18.3 Å². The molecule has 1 N–H and O–H groups in total. The molecule has 0 fully saturated rings. The molecule has 1 unspecified atom stereocenters. The van der Waals surface area contributed by atoms with E-state index >= 15 is 0 Å². The highest BCUT2D eigenvalue weighted by atomic mass is 16.6. The van der Waals surface area contributed by atoms with Crippen LogP contribution in [0, 0.1) is 0 Å². The number of rotatable bonds is 7. The molecular weight excluding hydrogens is 282 g/mol. The second-order valence-electron chi connectivity index (χ2n) is 4.90. The maximum absolute atomic E-state index is 11.4. The Bertz CT molecular complexity index is 534. The van der Waals surface area contributed by atoms with E-state index in [9.17, 15) is 9.90 Å².